The Morgan fingerprint density at radius 1 is 1.32 bits per heavy atom. The van der Waals surface area contributed by atoms with Gasteiger partial charge >= 0.3 is 5.97 Å². The second kappa shape index (κ2) is 6.79. The summed E-state index contributed by atoms with van der Waals surface area (Å²) in [5.41, 5.74) is 0.599. The minimum absolute atomic E-state index is 0.0913. The summed E-state index contributed by atoms with van der Waals surface area (Å²) < 4.78 is 19.1. The van der Waals surface area contributed by atoms with Gasteiger partial charge < -0.3 is 10.1 Å². The van der Waals surface area contributed by atoms with E-state index >= 15 is 0 Å². The van der Waals surface area contributed by atoms with Crippen molar-refractivity contribution in [2.75, 3.05) is 18.5 Å². The summed E-state index contributed by atoms with van der Waals surface area (Å²) in [6.07, 6.45) is 0. The molecule has 2 aromatic rings. The average molecular weight is 306 g/mol. The van der Waals surface area contributed by atoms with E-state index < -0.39 is 11.8 Å². The Morgan fingerprint density at radius 2 is 2.00 bits per heavy atom. The number of ketones is 1. The maximum atomic E-state index is 13.0. The number of hydrogen-bond donors (Lipinski definition) is 1. The second-order valence-corrected chi connectivity index (χ2v) is 4.39. The van der Waals surface area contributed by atoms with Crippen molar-refractivity contribution in [3.05, 3.63) is 35.8 Å². The lowest BCUT2D eigenvalue weighted by Gasteiger charge is -2.09. The molecule has 0 unspecified atom stereocenters. The summed E-state index contributed by atoms with van der Waals surface area (Å²) in [6.45, 7) is 3.16. The molecule has 1 heterocycles. The molecular weight excluding hydrogens is 291 g/mol. The van der Waals surface area contributed by atoms with Crippen molar-refractivity contribution in [2.24, 2.45) is 0 Å². The molecule has 22 heavy (non-hydrogen) atoms. The molecule has 116 valence electrons. The van der Waals surface area contributed by atoms with Crippen LogP contribution in [0.25, 0.3) is 5.69 Å². The lowest BCUT2D eigenvalue weighted by atomic mass is 10.3. The van der Waals surface area contributed by atoms with E-state index in [1.54, 1.807) is 6.92 Å². The van der Waals surface area contributed by atoms with Gasteiger partial charge in [0.25, 0.3) is 0 Å². The topological polar surface area (TPSA) is 86.1 Å². The van der Waals surface area contributed by atoms with Crippen molar-refractivity contribution in [1.29, 1.82) is 0 Å². The molecule has 0 saturated heterocycles. The minimum Gasteiger partial charge on any atom is -0.465 e. The third kappa shape index (κ3) is 3.46. The van der Waals surface area contributed by atoms with Gasteiger partial charge in [-0.25, -0.2) is 4.39 Å². The lowest BCUT2D eigenvalue weighted by molar-refractivity contribution is -0.140. The number of anilines is 1. The fraction of sp³-hybridized carbons (Fsp3) is 0.286. The fourth-order valence-corrected chi connectivity index (χ4v) is 1.81. The molecule has 0 spiro atoms. The number of hydrogen-bond acceptors (Lipinski definition) is 6. The molecule has 0 bridgehead atoms. The van der Waals surface area contributed by atoms with Crippen LogP contribution in [-0.2, 0) is 9.53 Å². The highest BCUT2D eigenvalue weighted by molar-refractivity contribution is 5.97. The third-order valence-electron chi connectivity index (χ3n) is 2.78. The summed E-state index contributed by atoms with van der Waals surface area (Å²) >= 11 is 0. The monoisotopic (exact) mass is 306 g/mol. The van der Waals surface area contributed by atoms with Crippen LogP contribution >= 0.6 is 0 Å². The van der Waals surface area contributed by atoms with Crippen molar-refractivity contribution < 1.29 is 18.7 Å². The number of nitrogens with zero attached hydrogens (tertiary/aromatic N) is 3. The highest BCUT2D eigenvalue weighted by Gasteiger charge is 2.18. The minimum atomic E-state index is -0.469. The first-order chi connectivity index (χ1) is 10.5. The Hall–Kier alpha value is -2.77. The van der Waals surface area contributed by atoms with E-state index in [1.165, 1.54) is 35.9 Å². The second-order valence-electron chi connectivity index (χ2n) is 4.39. The van der Waals surface area contributed by atoms with Crippen LogP contribution in [0.3, 0.4) is 0 Å². The summed E-state index contributed by atoms with van der Waals surface area (Å²) in [4.78, 5) is 23.0. The molecule has 0 amide bonds. The zero-order valence-corrected chi connectivity index (χ0v) is 12.2. The first-order valence-corrected chi connectivity index (χ1v) is 6.65. The molecule has 0 aliphatic rings. The number of carbonyl (C=O) groups excluding carboxylic acids is 2. The van der Waals surface area contributed by atoms with E-state index in [0.717, 1.165) is 0 Å². The van der Waals surface area contributed by atoms with E-state index in [-0.39, 0.29) is 30.4 Å². The quantitative estimate of drug-likeness (QED) is 0.644. The number of rotatable bonds is 6. The van der Waals surface area contributed by atoms with Crippen LogP contribution in [0.15, 0.2) is 24.3 Å². The zero-order chi connectivity index (χ0) is 16.1. The summed E-state index contributed by atoms with van der Waals surface area (Å²) in [7, 11) is 0. The lowest BCUT2D eigenvalue weighted by Crippen LogP contribution is -2.19. The van der Waals surface area contributed by atoms with Gasteiger partial charge in [-0.1, -0.05) is 5.21 Å². The highest BCUT2D eigenvalue weighted by atomic mass is 19.1. The Bertz CT molecular complexity index is 682. The number of Topliss-reactive ketones (excluding diaryl/α,β-unsaturated/α-hetero) is 1. The smallest absolute Gasteiger partial charge is 0.325 e. The molecule has 0 atom stereocenters. The molecule has 8 heteroatoms. The van der Waals surface area contributed by atoms with E-state index in [1.807, 2.05) is 0 Å². The molecular formula is C14H15FN4O3. The van der Waals surface area contributed by atoms with Crippen molar-refractivity contribution in [3.8, 4) is 5.69 Å². The van der Waals surface area contributed by atoms with Crippen LogP contribution in [0, 0.1) is 5.82 Å². The van der Waals surface area contributed by atoms with Gasteiger partial charge in [-0.05, 0) is 31.2 Å². The molecule has 0 saturated carbocycles. The van der Waals surface area contributed by atoms with Gasteiger partial charge in [0.05, 0.1) is 12.3 Å². The van der Waals surface area contributed by atoms with Gasteiger partial charge in [0.1, 0.15) is 12.4 Å². The number of carbonyl (C=O) groups is 2. The van der Waals surface area contributed by atoms with Crippen LogP contribution in [0.5, 0.6) is 0 Å². The third-order valence-corrected chi connectivity index (χ3v) is 2.78. The predicted octanol–water partition coefficient (Wildman–Crippen LogP) is 1.58. The first kappa shape index (κ1) is 15.6. The van der Waals surface area contributed by atoms with Gasteiger partial charge in [0.15, 0.2) is 17.3 Å². The summed E-state index contributed by atoms with van der Waals surface area (Å²) in [6, 6.07) is 5.51. The molecule has 7 nitrogen and oxygen atoms in total. The molecule has 0 aliphatic carbocycles. The van der Waals surface area contributed by atoms with Gasteiger partial charge in [0.2, 0.25) is 0 Å². The van der Waals surface area contributed by atoms with E-state index in [2.05, 4.69) is 15.6 Å². The number of nitrogens with one attached hydrogen (secondary N) is 1. The van der Waals surface area contributed by atoms with Crippen LogP contribution < -0.4 is 5.32 Å². The average Bonchev–Trinajstić information content (AvgIpc) is 2.90. The number of esters is 1. The zero-order valence-electron chi connectivity index (χ0n) is 12.2. The Labute approximate surface area is 126 Å². The maximum absolute atomic E-state index is 13.0. The molecule has 0 radical (unpaired) electrons. The Morgan fingerprint density at radius 3 is 2.59 bits per heavy atom. The number of benzene rings is 1. The SMILES string of the molecule is CCOC(=O)CNc1c(C(C)=O)nnn1-c1ccc(F)cc1. The molecule has 1 aromatic carbocycles. The maximum Gasteiger partial charge on any atom is 0.325 e. The van der Waals surface area contributed by atoms with E-state index in [9.17, 15) is 14.0 Å². The Kier molecular flexibility index (Phi) is 4.82. The van der Waals surface area contributed by atoms with E-state index in [0.29, 0.717) is 5.69 Å². The van der Waals surface area contributed by atoms with Crippen molar-refractivity contribution in [1.82, 2.24) is 15.0 Å². The largest absolute Gasteiger partial charge is 0.465 e. The normalized spacial score (nSPS) is 10.3. The van der Waals surface area contributed by atoms with Crippen molar-refractivity contribution in [3.63, 3.8) is 0 Å². The Balaban J connectivity index is 2.32. The van der Waals surface area contributed by atoms with Crippen LogP contribution in [0.2, 0.25) is 0 Å². The van der Waals surface area contributed by atoms with Gasteiger partial charge in [-0.15, -0.1) is 5.10 Å². The molecule has 2 rings (SSSR count). The molecule has 0 fully saturated rings. The predicted molar refractivity (Wildman–Crippen MR) is 76.4 cm³/mol. The standard InChI is InChI=1S/C14H15FN4O3/c1-3-22-12(21)8-16-14-13(9(2)20)17-18-19(14)11-6-4-10(15)5-7-11/h4-7,16H,3,8H2,1-2H3. The van der Waals surface area contributed by atoms with Crippen LogP contribution in [0.4, 0.5) is 10.2 Å². The van der Waals surface area contributed by atoms with Gasteiger partial charge in [-0.3, -0.25) is 9.59 Å². The number of halogens is 1. The van der Waals surface area contributed by atoms with Gasteiger partial charge in [0, 0.05) is 6.92 Å². The van der Waals surface area contributed by atoms with E-state index in [4.69, 9.17) is 4.74 Å². The highest BCUT2D eigenvalue weighted by Crippen LogP contribution is 2.19. The van der Waals surface area contributed by atoms with Crippen LogP contribution in [-0.4, -0.2) is 39.9 Å². The van der Waals surface area contributed by atoms with Crippen molar-refractivity contribution >= 4 is 17.6 Å². The fourth-order valence-electron chi connectivity index (χ4n) is 1.81. The number of ether oxygens (including phenoxy) is 1. The summed E-state index contributed by atoms with van der Waals surface area (Å²) in [5.74, 6) is -0.910. The first-order valence-electron chi connectivity index (χ1n) is 6.65. The molecule has 1 N–H and O–H groups in total. The number of aromatic nitrogens is 3. The van der Waals surface area contributed by atoms with Gasteiger partial charge in [-0.2, -0.15) is 4.68 Å². The summed E-state index contributed by atoms with van der Waals surface area (Å²) in [5, 5.41) is 10.5. The molecule has 1 aromatic heterocycles. The van der Waals surface area contributed by atoms with Crippen LogP contribution in [0.1, 0.15) is 24.3 Å². The van der Waals surface area contributed by atoms with Crippen molar-refractivity contribution in [2.45, 2.75) is 13.8 Å². The molecule has 0 aliphatic heterocycles.